The van der Waals surface area contributed by atoms with Gasteiger partial charge in [0.05, 0.1) is 10.6 Å². The number of hydrogen-bond donors (Lipinski definition) is 3. The number of nitrogens with zero attached hydrogens (tertiary/aromatic N) is 1. The molecule has 4 rings (SSSR count). The Balaban J connectivity index is 1.43. The Bertz CT molecular complexity index is 1420. The predicted octanol–water partition coefficient (Wildman–Crippen LogP) is 5.05. The van der Waals surface area contributed by atoms with Crippen LogP contribution >= 0.6 is 11.6 Å². The molecule has 33 heavy (non-hydrogen) atoms. The van der Waals surface area contributed by atoms with Crippen molar-refractivity contribution >= 4 is 40.5 Å². The zero-order chi connectivity index (χ0) is 23.4. The maximum Gasteiger partial charge on any atom is 0.337 e. The monoisotopic (exact) mass is 459 g/mol. The van der Waals surface area contributed by atoms with Gasteiger partial charge in [-0.1, -0.05) is 35.9 Å². The van der Waals surface area contributed by atoms with E-state index < -0.39 is 11.9 Å². The molecule has 2 aromatic heterocycles. The van der Waals surface area contributed by atoms with Crippen LogP contribution in [0.15, 0.2) is 70.8 Å². The van der Waals surface area contributed by atoms with E-state index in [1.54, 1.807) is 18.2 Å². The fourth-order valence-corrected chi connectivity index (χ4v) is 3.72. The average molecular weight is 460 g/mol. The molecule has 0 bridgehead atoms. The van der Waals surface area contributed by atoms with Crippen LogP contribution in [0.3, 0.4) is 0 Å². The van der Waals surface area contributed by atoms with Crippen molar-refractivity contribution in [3.05, 3.63) is 88.3 Å². The third-order valence-corrected chi connectivity index (χ3v) is 5.43. The van der Waals surface area contributed by atoms with Gasteiger partial charge < -0.3 is 19.8 Å². The summed E-state index contributed by atoms with van der Waals surface area (Å²) < 4.78 is 5.70. The number of nitriles is 1. The van der Waals surface area contributed by atoms with E-state index >= 15 is 0 Å². The molecule has 0 atom stereocenters. The van der Waals surface area contributed by atoms with Crippen molar-refractivity contribution in [3.63, 3.8) is 0 Å². The molecule has 4 aromatic rings. The molecule has 0 aliphatic carbocycles. The second-order valence-electron chi connectivity index (χ2n) is 7.24. The minimum Gasteiger partial charge on any atom is -0.478 e. The number of furan rings is 1. The van der Waals surface area contributed by atoms with Crippen molar-refractivity contribution < 1.29 is 19.1 Å². The van der Waals surface area contributed by atoms with Crippen LogP contribution in [-0.4, -0.2) is 28.5 Å². The summed E-state index contributed by atoms with van der Waals surface area (Å²) in [5, 5.41) is 22.5. The van der Waals surface area contributed by atoms with Gasteiger partial charge in [-0.25, -0.2) is 4.79 Å². The van der Waals surface area contributed by atoms with Gasteiger partial charge in [-0.3, -0.25) is 4.79 Å². The summed E-state index contributed by atoms with van der Waals surface area (Å²) in [6, 6.07) is 17.5. The lowest BCUT2D eigenvalue weighted by Crippen LogP contribution is -2.26. The van der Waals surface area contributed by atoms with Crippen LogP contribution in [0.2, 0.25) is 5.02 Å². The maximum absolute atomic E-state index is 12.5. The van der Waals surface area contributed by atoms with Crippen molar-refractivity contribution in [2.75, 3.05) is 6.54 Å². The number of carbonyl (C=O) groups is 2. The minimum absolute atomic E-state index is 0.0110. The van der Waals surface area contributed by atoms with Crippen LogP contribution in [0.5, 0.6) is 0 Å². The topological polar surface area (TPSA) is 119 Å². The molecule has 2 heterocycles. The Morgan fingerprint density at radius 1 is 1.18 bits per heavy atom. The predicted molar refractivity (Wildman–Crippen MR) is 125 cm³/mol. The van der Waals surface area contributed by atoms with E-state index in [4.69, 9.17) is 21.1 Å². The van der Waals surface area contributed by atoms with E-state index in [0.717, 1.165) is 16.5 Å². The van der Waals surface area contributed by atoms with Gasteiger partial charge in [0.2, 0.25) is 0 Å². The maximum atomic E-state index is 12.5. The number of benzene rings is 2. The Hall–Kier alpha value is -4.28. The van der Waals surface area contributed by atoms with Crippen LogP contribution < -0.4 is 5.32 Å². The normalized spacial score (nSPS) is 11.3. The number of aromatic amines is 1. The molecule has 2 aromatic carbocycles. The number of nitrogens with one attached hydrogen (secondary N) is 2. The van der Waals surface area contributed by atoms with Gasteiger partial charge in [-0.05, 0) is 42.3 Å². The summed E-state index contributed by atoms with van der Waals surface area (Å²) >= 11 is 6.01. The number of para-hydroxylation sites is 1. The Labute approximate surface area is 193 Å². The molecule has 0 radical (unpaired) electrons. The minimum atomic E-state index is -1.12. The van der Waals surface area contributed by atoms with Crippen LogP contribution in [0.4, 0.5) is 0 Å². The molecule has 0 aliphatic rings. The number of carboxylic acids is 1. The van der Waals surface area contributed by atoms with Gasteiger partial charge >= 0.3 is 5.97 Å². The molecule has 3 N–H and O–H groups in total. The van der Waals surface area contributed by atoms with Gasteiger partial charge in [0, 0.05) is 35.3 Å². The van der Waals surface area contributed by atoms with Crippen molar-refractivity contribution in [2.24, 2.45) is 0 Å². The number of amides is 1. The van der Waals surface area contributed by atoms with Crippen molar-refractivity contribution in [1.82, 2.24) is 10.3 Å². The molecule has 7 nitrogen and oxygen atoms in total. The van der Waals surface area contributed by atoms with E-state index in [2.05, 4.69) is 10.3 Å². The van der Waals surface area contributed by atoms with Crippen molar-refractivity contribution in [2.45, 2.75) is 6.42 Å². The number of carboxylic acid groups (broad SMARTS) is 1. The third-order valence-electron chi connectivity index (χ3n) is 5.12. The first kappa shape index (κ1) is 21.9. The highest BCUT2D eigenvalue weighted by atomic mass is 35.5. The molecule has 0 unspecified atom stereocenters. The van der Waals surface area contributed by atoms with Gasteiger partial charge in [0.1, 0.15) is 23.2 Å². The van der Waals surface area contributed by atoms with E-state index in [0.29, 0.717) is 30.0 Å². The summed E-state index contributed by atoms with van der Waals surface area (Å²) in [6.45, 7) is 0.373. The number of hydrogen-bond acceptors (Lipinski definition) is 4. The molecular formula is C25H18ClN3O4. The van der Waals surface area contributed by atoms with Crippen LogP contribution in [0.25, 0.3) is 28.3 Å². The van der Waals surface area contributed by atoms with E-state index in [1.165, 1.54) is 18.2 Å². The smallest absolute Gasteiger partial charge is 0.337 e. The molecule has 0 fully saturated rings. The van der Waals surface area contributed by atoms with E-state index in [-0.39, 0.29) is 16.2 Å². The number of carbonyl (C=O) groups excluding carboxylic acids is 1. The van der Waals surface area contributed by atoms with Crippen LogP contribution in [0, 0.1) is 11.3 Å². The molecular weight excluding hydrogens is 442 g/mol. The summed E-state index contributed by atoms with van der Waals surface area (Å²) in [5.41, 5.74) is 2.59. The Morgan fingerprint density at radius 2 is 2.00 bits per heavy atom. The average Bonchev–Trinajstić information content (AvgIpc) is 3.44. The van der Waals surface area contributed by atoms with Crippen LogP contribution in [0.1, 0.15) is 21.7 Å². The lowest BCUT2D eigenvalue weighted by atomic mass is 10.1. The fraction of sp³-hybridized carbons (Fsp3) is 0.0800. The van der Waals surface area contributed by atoms with Crippen LogP contribution in [-0.2, 0) is 11.2 Å². The van der Waals surface area contributed by atoms with Gasteiger partial charge in [0.25, 0.3) is 5.91 Å². The number of halogens is 1. The lowest BCUT2D eigenvalue weighted by Gasteiger charge is -2.04. The molecule has 164 valence electrons. The Morgan fingerprint density at radius 3 is 2.76 bits per heavy atom. The first-order chi connectivity index (χ1) is 16.0. The largest absolute Gasteiger partial charge is 0.478 e. The van der Waals surface area contributed by atoms with E-state index in [9.17, 15) is 14.9 Å². The highest BCUT2D eigenvalue weighted by molar-refractivity contribution is 6.33. The lowest BCUT2D eigenvalue weighted by molar-refractivity contribution is -0.117. The quantitative estimate of drug-likeness (QED) is 0.264. The highest BCUT2D eigenvalue weighted by Crippen LogP contribution is 2.28. The molecule has 1 amide bonds. The molecule has 0 saturated heterocycles. The molecule has 0 aliphatic heterocycles. The second kappa shape index (κ2) is 9.47. The summed E-state index contributed by atoms with van der Waals surface area (Å²) in [6.07, 6.45) is 3.89. The SMILES string of the molecule is N#C/C(=C/c1ccc(-c2ccc(C(=O)O)c(Cl)c2)o1)C(=O)NCCc1c[nH]c2ccccc12. The molecule has 0 saturated carbocycles. The number of aromatic carboxylic acids is 1. The van der Waals surface area contributed by atoms with E-state index in [1.807, 2.05) is 36.5 Å². The standard InChI is InChI=1S/C25H18ClN3O4/c26-21-12-15(5-7-20(21)25(31)32)23-8-6-18(33-23)11-17(13-27)24(30)28-10-9-16-14-29-22-4-2-1-3-19(16)22/h1-8,11-12,14,29H,9-10H2,(H,28,30)(H,31,32)/b17-11-. The number of rotatable bonds is 7. The van der Waals surface area contributed by atoms with Gasteiger partial charge in [-0.15, -0.1) is 0 Å². The summed E-state index contributed by atoms with van der Waals surface area (Å²) in [4.78, 5) is 26.8. The second-order valence-corrected chi connectivity index (χ2v) is 7.64. The third kappa shape index (κ3) is 4.81. The Kier molecular flexibility index (Phi) is 6.29. The summed E-state index contributed by atoms with van der Waals surface area (Å²) in [7, 11) is 0. The highest BCUT2D eigenvalue weighted by Gasteiger charge is 2.14. The fourth-order valence-electron chi connectivity index (χ4n) is 3.46. The molecule has 0 spiro atoms. The molecule has 8 heteroatoms. The zero-order valence-electron chi connectivity index (χ0n) is 17.3. The zero-order valence-corrected chi connectivity index (χ0v) is 18.0. The number of H-pyrrole nitrogens is 1. The number of fused-ring (bicyclic) bond motifs is 1. The van der Waals surface area contributed by atoms with Crippen molar-refractivity contribution in [3.8, 4) is 17.4 Å². The number of aromatic nitrogens is 1. The van der Waals surface area contributed by atoms with Gasteiger partial charge in [0.15, 0.2) is 0 Å². The summed E-state index contributed by atoms with van der Waals surface area (Å²) in [5.74, 6) is -0.878. The first-order valence-corrected chi connectivity index (χ1v) is 10.4. The first-order valence-electron chi connectivity index (χ1n) is 10.0. The van der Waals surface area contributed by atoms with Crippen molar-refractivity contribution in [1.29, 1.82) is 5.26 Å². The van der Waals surface area contributed by atoms with Gasteiger partial charge in [-0.2, -0.15) is 5.26 Å².